The Morgan fingerprint density at radius 1 is 1.47 bits per heavy atom. The molecule has 1 fully saturated rings. The maximum Gasteiger partial charge on any atom is 0.327 e. The first-order valence-corrected chi connectivity index (χ1v) is 6.17. The van der Waals surface area contributed by atoms with E-state index in [2.05, 4.69) is 11.8 Å². The third-order valence-corrected chi connectivity index (χ3v) is 3.42. The predicted molar refractivity (Wildman–Crippen MR) is 65.6 cm³/mol. The first-order chi connectivity index (χ1) is 8.08. The average Bonchev–Trinajstić information content (AvgIpc) is 3.17. The van der Waals surface area contributed by atoms with E-state index in [4.69, 9.17) is 15.2 Å². The number of likely N-dealkylation sites (N-methyl/N-ethyl adjacent to an activating group) is 1. The summed E-state index contributed by atoms with van der Waals surface area (Å²) in [5.74, 6) is -0.0255. The van der Waals surface area contributed by atoms with Crippen molar-refractivity contribution < 1.29 is 14.3 Å². The summed E-state index contributed by atoms with van der Waals surface area (Å²) in [6.07, 6.45) is 2.04. The molecule has 0 aromatic rings. The smallest absolute Gasteiger partial charge is 0.327 e. The van der Waals surface area contributed by atoms with Crippen LogP contribution in [0, 0.1) is 5.92 Å². The van der Waals surface area contributed by atoms with E-state index in [9.17, 15) is 4.79 Å². The lowest BCUT2D eigenvalue weighted by molar-refractivity contribution is -0.149. The summed E-state index contributed by atoms with van der Waals surface area (Å²) >= 11 is 0. The number of rotatable bonds is 8. The van der Waals surface area contributed by atoms with E-state index in [1.807, 2.05) is 0 Å². The number of carbonyl (C=O) groups is 1. The highest BCUT2D eigenvalue weighted by atomic mass is 16.5. The van der Waals surface area contributed by atoms with Crippen LogP contribution >= 0.6 is 0 Å². The quantitative estimate of drug-likeness (QED) is 0.619. The Kier molecular flexibility index (Phi) is 5.36. The monoisotopic (exact) mass is 244 g/mol. The fourth-order valence-corrected chi connectivity index (χ4v) is 2.09. The second-order valence-corrected chi connectivity index (χ2v) is 4.67. The van der Waals surface area contributed by atoms with Crippen molar-refractivity contribution in [1.82, 2.24) is 4.90 Å². The number of nitrogens with zero attached hydrogens (tertiary/aromatic N) is 1. The van der Waals surface area contributed by atoms with E-state index >= 15 is 0 Å². The molecule has 0 aliphatic heterocycles. The third kappa shape index (κ3) is 3.66. The second-order valence-electron chi connectivity index (χ2n) is 4.67. The topological polar surface area (TPSA) is 64.8 Å². The van der Waals surface area contributed by atoms with E-state index in [1.165, 1.54) is 7.11 Å². The molecular weight excluding hydrogens is 220 g/mol. The molecule has 1 atom stereocenters. The molecule has 1 aliphatic carbocycles. The number of ether oxygens (including phenoxy) is 2. The lowest BCUT2D eigenvalue weighted by Gasteiger charge is -2.32. The Morgan fingerprint density at radius 2 is 2.12 bits per heavy atom. The van der Waals surface area contributed by atoms with Gasteiger partial charge < -0.3 is 15.2 Å². The van der Waals surface area contributed by atoms with E-state index < -0.39 is 5.54 Å². The van der Waals surface area contributed by atoms with Crippen molar-refractivity contribution in [3.05, 3.63) is 0 Å². The SMILES string of the molecule is CCN(CCOC)CC(N)(C(=O)OC)C1CC1. The normalized spacial score (nSPS) is 19.1. The van der Waals surface area contributed by atoms with Gasteiger partial charge in [0, 0.05) is 20.2 Å². The number of esters is 1. The molecule has 0 heterocycles. The Labute approximate surface area is 103 Å². The average molecular weight is 244 g/mol. The maximum absolute atomic E-state index is 11.8. The van der Waals surface area contributed by atoms with Gasteiger partial charge in [0.1, 0.15) is 5.54 Å². The standard InChI is InChI=1S/C12H24N2O3/c1-4-14(7-8-16-2)9-12(13,10-5-6-10)11(15)17-3/h10H,4-9,13H2,1-3H3. The third-order valence-electron chi connectivity index (χ3n) is 3.42. The summed E-state index contributed by atoms with van der Waals surface area (Å²) in [4.78, 5) is 14.0. The summed E-state index contributed by atoms with van der Waals surface area (Å²) in [5.41, 5.74) is 5.40. The van der Waals surface area contributed by atoms with Crippen molar-refractivity contribution in [2.75, 3.05) is 40.5 Å². The number of nitrogens with two attached hydrogens (primary N) is 1. The Hall–Kier alpha value is -0.650. The van der Waals surface area contributed by atoms with E-state index in [0.29, 0.717) is 13.2 Å². The second kappa shape index (κ2) is 6.33. The van der Waals surface area contributed by atoms with Crippen molar-refractivity contribution in [2.45, 2.75) is 25.3 Å². The minimum atomic E-state index is -0.849. The molecular formula is C12H24N2O3. The molecule has 0 radical (unpaired) electrons. The highest BCUT2D eigenvalue weighted by molar-refractivity contribution is 5.81. The van der Waals surface area contributed by atoms with Crippen LogP contribution in [0.25, 0.3) is 0 Å². The molecule has 2 N–H and O–H groups in total. The summed E-state index contributed by atoms with van der Waals surface area (Å²) in [7, 11) is 3.07. The zero-order chi connectivity index (χ0) is 12.9. The summed E-state index contributed by atoms with van der Waals surface area (Å²) in [5, 5.41) is 0. The zero-order valence-corrected chi connectivity index (χ0v) is 11.1. The van der Waals surface area contributed by atoms with Crippen LogP contribution in [0.3, 0.4) is 0 Å². The van der Waals surface area contributed by atoms with Crippen molar-refractivity contribution in [1.29, 1.82) is 0 Å². The van der Waals surface area contributed by atoms with Crippen LogP contribution in [0.15, 0.2) is 0 Å². The van der Waals surface area contributed by atoms with Crippen molar-refractivity contribution in [2.24, 2.45) is 11.7 Å². The minimum absolute atomic E-state index is 0.270. The highest BCUT2D eigenvalue weighted by Crippen LogP contribution is 2.39. The van der Waals surface area contributed by atoms with Gasteiger partial charge in [0.05, 0.1) is 13.7 Å². The van der Waals surface area contributed by atoms with Crippen LogP contribution in [0.2, 0.25) is 0 Å². The number of methoxy groups -OCH3 is 2. The lowest BCUT2D eigenvalue weighted by Crippen LogP contribution is -2.58. The van der Waals surface area contributed by atoms with Crippen molar-refractivity contribution in [3.8, 4) is 0 Å². The molecule has 1 rings (SSSR count). The first-order valence-electron chi connectivity index (χ1n) is 6.17. The van der Waals surface area contributed by atoms with Gasteiger partial charge in [0.2, 0.25) is 0 Å². The summed E-state index contributed by atoms with van der Waals surface area (Å²) in [6.45, 7) is 4.89. The van der Waals surface area contributed by atoms with Gasteiger partial charge in [0.15, 0.2) is 0 Å². The molecule has 0 saturated heterocycles. The van der Waals surface area contributed by atoms with Crippen LogP contribution in [-0.2, 0) is 14.3 Å². The van der Waals surface area contributed by atoms with Gasteiger partial charge in [-0.05, 0) is 25.3 Å². The molecule has 0 amide bonds. The molecule has 0 bridgehead atoms. The van der Waals surface area contributed by atoms with E-state index in [0.717, 1.165) is 25.9 Å². The molecule has 0 aromatic carbocycles. The van der Waals surface area contributed by atoms with E-state index in [-0.39, 0.29) is 11.9 Å². The molecule has 17 heavy (non-hydrogen) atoms. The molecule has 1 aliphatic rings. The molecule has 5 nitrogen and oxygen atoms in total. The summed E-state index contributed by atoms with van der Waals surface area (Å²) < 4.78 is 9.90. The molecule has 1 unspecified atom stereocenters. The Morgan fingerprint density at radius 3 is 2.53 bits per heavy atom. The van der Waals surface area contributed by atoms with Crippen LogP contribution in [0.1, 0.15) is 19.8 Å². The highest BCUT2D eigenvalue weighted by Gasteiger charge is 2.49. The van der Waals surface area contributed by atoms with Crippen molar-refractivity contribution >= 4 is 5.97 Å². The fraction of sp³-hybridized carbons (Fsp3) is 0.917. The Bertz CT molecular complexity index is 256. The van der Waals surface area contributed by atoms with E-state index in [1.54, 1.807) is 7.11 Å². The van der Waals surface area contributed by atoms with Gasteiger partial charge in [-0.2, -0.15) is 0 Å². The number of hydrogen-bond donors (Lipinski definition) is 1. The van der Waals surface area contributed by atoms with Crippen LogP contribution in [0.5, 0.6) is 0 Å². The number of hydrogen-bond acceptors (Lipinski definition) is 5. The van der Waals surface area contributed by atoms with Crippen LogP contribution in [-0.4, -0.2) is 56.9 Å². The van der Waals surface area contributed by atoms with Gasteiger partial charge in [-0.25, -0.2) is 0 Å². The zero-order valence-electron chi connectivity index (χ0n) is 11.1. The molecule has 0 spiro atoms. The van der Waals surface area contributed by atoms with Gasteiger partial charge in [-0.3, -0.25) is 9.69 Å². The molecule has 5 heteroatoms. The number of carbonyl (C=O) groups excluding carboxylic acids is 1. The molecule has 100 valence electrons. The molecule has 0 aromatic heterocycles. The first kappa shape index (κ1) is 14.4. The van der Waals surface area contributed by atoms with Gasteiger partial charge in [-0.1, -0.05) is 6.92 Å². The van der Waals surface area contributed by atoms with Gasteiger partial charge in [-0.15, -0.1) is 0 Å². The van der Waals surface area contributed by atoms with Gasteiger partial charge in [0.25, 0.3) is 0 Å². The Balaban J connectivity index is 2.61. The van der Waals surface area contributed by atoms with Crippen LogP contribution in [0.4, 0.5) is 0 Å². The van der Waals surface area contributed by atoms with Crippen LogP contribution < -0.4 is 5.73 Å². The van der Waals surface area contributed by atoms with Crippen molar-refractivity contribution in [3.63, 3.8) is 0 Å². The maximum atomic E-state index is 11.8. The lowest BCUT2D eigenvalue weighted by atomic mass is 9.93. The largest absolute Gasteiger partial charge is 0.468 e. The predicted octanol–water partition coefficient (Wildman–Crippen LogP) is 0.235. The molecule has 1 saturated carbocycles. The minimum Gasteiger partial charge on any atom is -0.468 e. The fourth-order valence-electron chi connectivity index (χ4n) is 2.09. The van der Waals surface area contributed by atoms with Gasteiger partial charge >= 0.3 is 5.97 Å². The summed E-state index contributed by atoms with van der Waals surface area (Å²) in [6, 6.07) is 0.